The smallest absolute Gasteiger partial charge is 0.256 e. The van der Waals surface area contributed by atoms with Crippen molar-refractivity contribution in [3.63, 3.8) is 0 Å². The lowest BCUT2D eigenvalue weighted by Gasteiger charge is -2.33. The summed E-state index contributed by atoms with van der Waals surface area (Å²) in [6.45, 7) is 3.87. The molecule has 3 aliphatic heterocycles. The highest BCUT2D eigenvalue weighted by Crippen LogP contribution is 2.33. The molecule has 6 nitrogen and oxygen atoms in total. The van der Waals surface area contributed by atoms with Gasteiger partial charge < -0.3 is 14.7 Å². The minimum atomic E-state index is -0.567. The third-order valence-electron chi connectivity index (χ3n) is 5.98. The van der Waals surface area contributed by atoms with E-state index in [1.807, 2.05) is 0 Å². The van der Waals surface area contributed by atoms with Crippen molar-refractivity contribution in [3.05, 3.63) is 29.6 Å². The highest BCUT2D eigenvalue weighted by atomic mass is 19.1. The van der Waals surface area contributed by atoms with Gasteiger partial charge >= 0.3 is 0 Å². The highest BCUT2D eigenvalue weighted by Gasteiger charge is 2.43. The standard InChI is InChI=1S/C20H24FN3O3/c1-13-6-9-22(10-7-13)18(25)12-24-17-11-14(21)4-5-15(17)19(26)23-8-2-3-16(23)20(24)27/h4-5,11,13,16H,2-3,6-10,12H2,1H3. The Morgan fingerprint density at radius 3 is 2.63 bits per heavy atom. The van der Waals surface area contributed by atoms with Crippen LogP contribution in [0.4, 0.5) is 10.1 Å². The molecule has 0 bridgehead atoms. The third-order valence-corrected chi connectivity index (χ3v) is 5.98. The van der Waals surface area contributed by atoms with Crippen molar-refractivity contribution in [2.24, 2.45) is 5.92 Å². The quantitative estimate of drug-likeness (QED) is 0.797. The maximum Gasteiger partial charge on any atom is 0.256 e. The Labute approximate surface area is 157 Å². The molecule has 1 aromatic carbocycles. The molecule has 27 heavy (non-hydrogen) atoms. The molecular formula is C20H24FN3O3. The number of nitrogens with zero attached hydrogens (tertiary/aromatic N) is 3. The lowest BCUT2D eigenvalue weighted by atomic mass is 9.99. The highest BCUT2D eigenvalue weighted by molar-refractivity contribution is 6.12. The van der Waals surface area contributed by atoms with Crippen molar-refractivity contribution in [1.29, 1.82) is 0 Å². The second-order valence-corrected chi connectivity index (χ2v) is 7.81. The predicted octanol–water partition coefficient (Wildman–Crippen LogP) is 2.04. The van der Waals surface area contributed by atoms with Crippen LogP contribution >= 0.6 is 0 Å². The van der Waals surface area contributed by atoms with Crippen molar-refractivity contribution in [2.75, 3.05) is 31.1 Å². The van der Waals surface area contributed by atoms with E-state index in [4.69, 9.17) is 0 Å². The lowest BCUT2D eigenvalue weighted by Crippen LogP contribution is -2.49. The van der Waals surface area contributed by atoms with Crippen LogP contribution in [0.15, 0.2) is 18.2 Å². The Hall–Kier alpha value is -2.44. The fourth-order valence-corrected chi connectivity index (χ4v) is 4.29. The van der Waals surface area contributed by atoms with Gasteiger partial charge in [0.15, 0.2) is 0 Å². The van der Waals surface area contributed by atoms with Gasteiger partial charge in [0.25, 0.3) is 5.91 Å². The largest absolute Gasteiger partial charge is 0.341 e. The molecule has 3 amide bonds. The van der Waals surface area contributed by atoms with E-state index in [-0.39, 0.29) is 35.5 Å². The van der Waals surface area contributed by atoms with Crippen molar-refractivity contribution >= 4 is 23.4 Å². The normalized spacial score (nSPS) is 23.3. The van der Waals surface area contributed by atoms with Crippen LogP contribution in [0.2, 0.25) is 0 Å². The Bertz CT molecular complexity index is 789. The Morgan fingerprint density at radius 2 is 1.89 bits per heavy atom. The first-order valence-electron chi connectivity index (χ1n) is 9.65. The zero-order valence-electron chi connectivity index (χ0n) is 15.5. The van der Waals surface area contributed by atoms with E-state index in [9.17, 15) is 18.8 Å². The Morgan fingerprint density at radius 1 is 1.15 bits per heavy atom. The van der Waals surface area contributed by atoms with E-state index in [2.05, 4.69) is 6.92 Å². The molecule has 3 aliphatic rings. The molecule has 0 N–H and O–H groups in total. The van der Waals surface area contributed by atoms with Gasteiger partial charge in [-0.05, 0) is 49.8 Å². The summed E-state index contributed by atoms with van der Waals surface area (Å²) in [5.41, 5.74) is 0.493. The average Bonchev–Trinajstić information content (AvgIpc) is 3.12. The fourth-order valence-electron chi connectivity index (χ4n) is 4.29. The number of halogens is 1. The van der Waals surface area contributed by atoms with Crippen LogP contribution in [-0.4, -0.2) is 59.7 Å². The number of hydrogen-bond donors (Lipinski definition) is 0. The summed E-state index contributed by atoms with van der Waals surface area (Å²) >= 11 is 0. The number of piperidine rings is 1. The van der Waals surface area contributed by atoms with Crippen molar-refractivity contribution in [2.45, 2.75) is 38.6 Å². The zero-order chi connectivity index (χ0) is 19.1. The monoisotopic (exact) mass is 373 g/mol. The topological polar surface area (TPSA) is 60.9 Å². The number of carbonyl (C=O) groups is 3. The van der Waals surface area contributed by atoms with Crippen LogP contribution in [0.25, 0.3) is 0 Å². The average molecular weight is 373 g/mol. The molecule has 1 aromatic rings. The van der Waals surface area contributed by atoms with Crippen LogP contribution < -0.4 is 4.90 Å². The van der Waals surface area contributed by atoms with Gasteiger partial charge in [0.2, 0.25) is 11.8 Å². The number of carbonyl (C=O) groups excluding carboxylic acids is 3. The van der Waals surface area contributed by atoms with Gasteiger partial charge in [0.05, 0.1) is 11.3 Å². The van der Waals surface area contributed by atoms with Crippen molar-refractivity contribution in [3.8, 4) is 0 Å². The van der Waals surface area contributed by atoms with E-state index < -0.39 is 11.9 Å². The number of fused-ring (bicyclic) bond motifs is 2. The molecule has 3 heterocycles. The first kappa shape index (κ1) is 17.9. The minimum Gasteiger partial charge on any atom is -0.341 e. The zero-order valence-corrected chi connectivity index (χ0v) is 15.5. The maximum atomic E-state index is 13.9. The lowest BCUT2D eigenvalue weighted by molar-refractivity contribution is -0.133. The van der Waals surface area contributed by atoms with Gasteiger partial charge in [0, 0.05) is 19.6 Å². The van der Waals surface area contributed by atoms with Crippen molar-refractivity contribution in [1.82, 2.24) is 9.80 Å². The van der Waals surface area contributed by atoms with E-state index in [1.165, 1.54) is 23.1 Å². The number of likely N-dealkylation sites (tertiary alicyclic amines) is 1. The van der Waals surface area contributed by atoms with Gasteiger partial charge in [-0.3, -0.25) is 14.4 Å². The van der Waals surface area contributed by atoms with E-state index in [0.29, 0.717) is 32.0 Å². The summed E-state index contributed by atoms with van der Waals surface area (Å²) in [6, 6.07) is 3.27. The molecule has 0 saturated carbocycles. The van der Waals surface area contributed by atoms with Crippen molar-refractivity contribution < 1.29 is 18.8 Å². The van der Waals surface area contributed by atoms with Gasteiger partial charge in [-0.15, -0.1) is 0 Å². The molecule has 7 heteroatoms. The molecular weight excluding hydrogens is 349 g/mol. The molecule has 0 radical (unpaired) electrons. The maximum absolute atomic E-state index is 13.9. The van der Waals surface area contributed by atoms with Gasteiger partial charge in [0.1, 0.15) is 18.4 Å². The summed E-state index contributed by atoms with van der Waals surface area (Å²) in [4.78, 5) is 43.5. The first-order valence-corrected chi connectivity index (χ1v) is 9.65. The number of hydrogen-bond acceptors (Lipinski definition) is 3. The first-order chi connectivity index (χ1) is 13.0. The van der Waals surface area contributed by atoms with Crippen LogP contribution in [0.3, 0.4) is 0 Å². The van der Waals surface area contributed by atoms with Gasteiger partial charge in [-0.2, -0.15) is 0 Å². The van der Waals surface area contributed by atoms with Gasteiger partial charge in [-0.25, -0.2) is 4.39 Å². The summed E-state index contributed by atoms with van der Waals surface area (Å²) in [7, 11) is 0. The molecule has 4 rings (SSSR count). The van der Waals surface area contributed by atoms with Crippen LogP contribution in [0.1, 0.15) is 43.0 Å². The van der Waals surface area contributed by atoms with Crippen LogP contribution in [-0.2, 0) is 9.59 Å². The van der Waals surface area contributed by atoms with E-state index in [0.717, 1.165) is 19.3 Å². The summed E-state index contributed by atoms with van der Waals surface area (Å²) in [5.74, 6) is -0.634. The number of rotatable bonds is 2. The summed E-state index contributed by atoms with van der Waals surface area (Å²) in [6.07, 6.45) is 3.22. The van der Waals surface area contributed by atoms with E-state index >= 15 is 0 Å². The van der Waals surface area contributed by atoms with Crippen LogP contribution in [0, 0.1) is 11.7 Å². The van der Waals surface area contributed by atoms with Crippen LogP contribution in [0.5, 0.6) is 0 Å². The predicted molar refractivity (Wildman–Crippen MR) is 97.8 cm³/mol. The second-order valence-electron chi connectivity index (χ2n) is 7.81. The molecule has 0 aliphatic carbocycles. The minimum absolute atomic E-state index is 0.149. The summed E-state index contributed by atoms with van der Waals surface area (Å²) in [5, 5.41) is 0. The second kappa shape index (κ2) is 6.94. The molecule has 0 aromatic heterocycles. The molecule has 144 valence electrons. The number of benzene rings is 1. The number of anilines is 1. The third kappa shape index (κ3) is 3.19. The molecule has 2 saturated heterocycles. The molecule has 2 fully saturated rings. The Balaban J connectivity index is 1.66. The fraction of sp³-hybridized carbons (Fsp3) is 0.550. The number of amides is 3. The Kier molecular flexibility index (Phi) is 4.61. The molecule has 1 atom stereocenters. The molecule has 0 spiro atoms. The SMILES string of the molecule is CC1CCN(C(=O)CN2C(=O)C3CCCN3C(=O)c3ccc(F)cc32)CC1. The van der Waals surface area contributed by atoms with E-state index in [1.54, 1.807) is 9.80 Å². The summed E-state index contributed by atoms with van der Waals surface area (Å²) < 4.78 is 13.9. The van der Waals surface area contributed by atoms with Gasteiger partial charge in [-0.1, -0.05) is 6.92 Å². The molecule has 1 unspecified atom stereocenters.